The average molecular weight is 218 g/mol. The molecule has 0 N–H and O–H groups in total. The first kappa shape index (κ1) is 13.0. The summed E-state index contributed by atoms with van der Waals surface area (Å²) in [7, 11) is 0. The van der Waals surface area contributed by atoms with Crippen molar-refractivity contribution in [3.05, 3.63) is 36.5 Å². The molecule has 0 heterocycles. The number of carbonyl (C=O) groups excluding carboxylic acids is 1. The van der Waals surface area contributed by atoms with Crippen LogP contribution in [0.3, 0.4) is 0 Å². The Morgan fingerprint density at radius 2 is 2.12 bits per heavy atom. The number of hydrogen-bond donors (Lipinski definition) is 0. The summed E-state index contributed by atoms with van der Waals surface area (Å²) >= 11 is 0. The van der Waals surface area contributed by atoms with Gasteiger partial charge >= 0.3 is 0 Å². The molecular formula is C15H22O. The first-order chi connectivity index (χ1) is 7.50. The SMILES string of the molecule is C=C1CCCC(C)C=CC(C(=C)C)C(=O)C1. The fourth-order valence-corrected chi connectivity index (χ4v) is 2.06. The van der Waals surface area contributed by atoms with Gasteiger partial charge in [0.05, 0.1) is 5.92 Å². The van der Waals surface area contributed by atoms with Crippen molar-refractivity contribution in [3.63, 3.8) is 0 Å². The van der Waals surface area contributed by atoms with Crippen molar-refractivity contribution in [1.29, 1.82) is 0 Å². The van der Waals surface area contributed by atoms with Crippen molar-refractivity contribution < 1.29 is 4.79 Å². The highest BCUT2D eigenvalue weighted by Gasteiger charge is 2.18. The van der Waals surface area contributed by atoms with E-state index < -0.39 is 0 Å². The molecule has 1 heteroatoms. The van der Waals surface area contributed by atoms with Crippen LogP contribution in [-0.4, -0.2) is 5.78 Å². The molecular weight excluding hydrogens is 196 g/mol. The van der Waals surface area contributed by atoms with E-state index in [0.717, 1.165) is 24.0 Å². The number of carbonyl (C=O) groups is 1. The van der Waals surface area contributed by atoms with Crippen LogP contribution in [0.5, 0.6) is 0 Å². The number of hydrogen-bond acceptors (Lipinski definition) is 1. The van der Waals surface area contributed by atoms with Crippen LogP contribution in [0.25, 0.3) is 0 Å². The fraction of sp³-hybridized carbons (Fsp3) is 0.533. The maximum absolute atomic E-state index is 12.0. The van der Waals surface area contributed by atoms with Gasteiger partial charge in [0.15, 0.2) is 0 Å². The molecule has 0 saturated heterocycles. The molecule has 0 saturated carbocycles. The predicted molar refractivity (Wildman–Crippen MR) is 69.2 cm³/mol. The number of Topliss-reactive ketones (excluding diaryl/α,β-unsaturated/α-hetero) is 1. The summed E-state index contributed by atoms with van der Waals surface area (Å²) < 4.78 is 0. The zero-order valence-corrected chi connectivity index (χ0v) is 10.5. The smallest absolute Gasteiger partial charge is 0.147 e. The van der Waals surface area contributed by atoms with Gasteiger partial charge in [0, 0.05) is 6.42 Å². The summed E-state index contributed by atoms with van der Waals surface area (Å²) in [6.45, 7) is 12.0. The molecule has 0 aromatic heterocycles. The van der Waals surface area contributed by atoms with E-state index in [9.17, 15) is 4.79 Å². The summed E-state index contributed by atoms with van der Waals surface area (Å²) in [6, 6.07) is 0. The Morgan fingerprint density at radius 3 is 2.75 bits per heavy atom. The first-order valence-electron chi connectivity index (χ1n) is 6.03. The van der Waals surface area contributed by atoms with Crippen LogP contribution in [0.1, 0.15) is 39.5 Å². The van der Waals surface area contributed by atoms with Crippen LogP contribution in [0.15, 0.2) is 36.5 Å². The Labute approximate surface area is 98.9 Å². The van der Waals surface area contributed by atoms with Gasteiger partial charge in [-0.1, -0.05) is 43.4 Å². The topological polar surface area (TPSA) is 17.1 Å². The third-order valence-electron chi connectivity index (χ3n) is 3.12. The highest BCUT2D eigenvalue weighted by atomic mass is 16.1. The summed E-state index contributed by atoms with van der Waals surface area (Å²) in [6.07, 6.45) is 7.98. The largest absolute Gasteiger partial charge is 0.298 e. The van der Waals surface area contributed by atoms with E-state index in [2.05, 4.69) is 26.2 Å². The molecule has 0 spiro atoms. The van der Waals surface area contributed by atoms with E-state index >= 15 is 0 Å². The zero-order valence-electron chi connectivity index (χ0n) is 10.5. The van der Waals surface area contributed by atoms with Crippen molar-refractivity contribution in [2.24, 2.45) is 11.8 Å². The lowest BCUT2D eigenvalue weighted by molar-refractivity contribution is -0.119. The Balaban J connectivity index is 2.86. The van der Waals surface area contributed by atoms with E-state index in [1.165, 1.54) is 6.42 Å². The monoisotopic (exact) mass is 218 g/mol. The van der Waals surface area contributed by atoms with Crippen molar-refractivity contribution >= 4 is 5.78 Å². The van der Waals surface area contributed by atoms with Gasteiger partial charge in [-0.2, -0.15) is 0 Å². The molecule has 1 nitrogen and oxygen atoms in total. The zero-order chi connectivity index (χ0) is 12.1. The van der Waals surface area contributed by atoms with Gasteiger partial charge in [-0.3, -0.25) is 4.79 Å². The van der Waals surface area contributed by atoms with Crippen molar-refractivity contribution in [3.8, 4) is 0 Å². The third-order valence-corrected chi connectivity index (χ3v) is 3.12. The standard InChI is InChI=1S/C15H22O/c1-11(2)14-9-8-12(3)6-5-7-13(4)10-15(14)16/h8-9,12,14H,1,4-7,10H2,2-3H3. The third kappa shape index (κ3) is 3.80. The lowest BCUT2D eigenvalue weighted by Gasteiger charge is -2.16. The van der Waals surface area contributed by atoms with Crippen molar-refractivity contribution in [2.45, 2.75) is 39.5 Å². The van der Waals surface area contributed by atoms with Gasteiger partial charge in [0.1, 0.15) is 5.78 Å². The first-order valence-corrected chi connectivity index (χ1v) is 6.03. The van der Waals surface area contributed by atoms with Crippen molar-refractivity contribution in [2.75, 3.05) is 0 Å². The van der Waals surface area contributed by atoms with Crippen LogP contribution < -0.4 is 0 Å². The molecule has 88 valence electrons. The molecule has 0 amide bonds. The summed E-state index contributed by atoms with van der Waals surface area (Å²) in [4.78, 5) is 12.0. The van der Waals surface area contributed by atoms with Gasteiger partial charge in [-0.05, 0) is 32.1 Å². The minimum atomic E-state index is -0.114. The van der Waals surface area contributed by atoms with E-state index in [1.54, 1.807) is 0 Å². The van der Waals surface area contributed by atoms with Gasteiger partial charge in [0.2, 0.25) is 0 Å². The quantitative estimate of drug-likeness (QED) is 0.606. The van der Waals surface area contributed by atoms with Crippen LogP contribution in [0.4, 0.5) is 0 Å². The molecule has 0 radical (unpaired) electrons. The van der Waals surface area contributed by atoms with Gasteiger partial charge in [-0.15, -0.1) is 0 Å². The predicted octanol–water partition coefficient (Wildman–Crippen LogP) is 4.07. The Kier molecular flexibility index (Phi) is 4.72. The van der Waals surface area contributed by atoms with Crippen LogP contribution >= 0.6 is 0 Å². The second kappa shape index (κ2) is 5.83. The molecule has 0 aliphatic heterocycles. The molecule has 0 aromatic carbocycles. The lowest BCUT2D eigenvalue weighted by atomic mass is 9.88. The highest BCUT2D eigenvalue weighted by Crippen LogP contribution is 2.23. The maximum atomic E-state index is 12.0. The normalized spacial score (nSPS) is 27.9. The fourth-order valence-electron chi connectivity index (χ4n) is 2.06. The van der Waals surface area contributed by atoms with E-state index in [1.807, 2.05) is 13.0 Å². The van der Waals surface area contributed by atoms with E-state index in [-0.39, 0.29) is 11.7 Å². The summed E-state index contributed by atoms with van der Waals surface area (Å²) in [5.74, 6) is 0.667. The van der Waals surface area contributed by atoms with Crippen LogP contribution in [-0.2, 0) is 4.79 Å². The number of rotatable bonds is 1. The molecule has 16 heavy (non-hydrogen) atoms. The van der Waals surface area contributed by atoms with Crippen molar-refractivity contribution in [1.82, 2.24) is 0 Å². The average Bonchev–Trinajstić information content (AvgIpc) is 2.16. The van der Waals surface area contributed by atoms with E-state index in [4.69, 9.17) is 0 Å². The molecule has 2 atom stereocenters. The summed E-state index contributed by atoms with van der Waals surface area (Å²) in [5.41, 5.74) is 2.00. The molecule has 2 unspecified atom stereocenters. The molecule has 0 bridgehead atoms. The minimum absolute atomic E-state index is 0.114. The Morgan fingerprint density at radius 1 is 1.44 bits per heavy atom. The second-order valence-electron chi connectivity index (χ2n) is 4.97. The maximum Gasteiger partial charge on any atom is 0.147 e. The highest BCUT2D eigenvalue weighted by molar-refractivity contribution is 5.87. The van der Waals surface area contributed by atoms with Gasteiger partial charge in [-0.25, -0.2) is 0 Å². The molecule has 1 aliphatic carbocycles. The molecule has 1 aliphatic rings. The van der Waals surface area contributed by atoms with Gasteiger partial charge < -0.3 is 0 Å². The Hall–Kier alpha value is -1.11. The van der Waals surface area contributed by atoms with Crippen LogP contribution in [0.2, 0.25) is 0 Å². The number of allylic oxidation sites excluding steroid dienone is 4. The molecule has 0 aromatic rings. The van der Waals surface area contributed by atoms with E-state index in [0.29, 0.717) is 12.3 Å². The minimum Gasteiger partial charge on any atom is -0.298 e. The van der Waals surface area contributed by atoms with Crippen LogP contribution in [0, 0.1) is 11.8 Å². The molecule has 1 rings (SSSR count). The number of ketones is 1. The lowest BCUT2D eigenvalue weighted by Crippen LogP contribution is -2.15. The molecule has 0 fully saturated rings. The Bertz CT molecular complexity index is 322. The van der Waals surface area contributed by atoms with Gasteiger partial charge in [0.25, 0.3) is 0 Å². The summed E-state index contributed by atoms with van der Waals surface area (Å²) in [5, 5.41) is 0. The second-order valence-corrected chi connectivity index (χ2v) is 4.97.